The molecule has 2 amide bonds. The van der Waals surface area contributed by atoms with E-state index in [-0.39, 0.29) is 18.7 Å². The summed E-state index contributed by atoms with van der Waals surface area (Å²) < 4.78 is 5.54. The molecular formula is C16H26N2O3. The number of benzene rings is 1. The number of aliphatic hydroxyl groups is 1. The van der Waals surface area contributed by atoms with Crippen molar-refractivity contribution in [2.24, 2.45) is 0 Å². The second kappa shape index (κ2) is 9.23. The molecule has 1 aromatic rings. The van der Waals surface area contributed by atoms with E-state index in [0.29, 0.717) is 6.54 Å². The maximum absolute atomic E-state index is 11.5. The molecule has 1 rings (SSSR count). The number of carbonyl (C=O) groups excluding carboxylic acids is 1. The quantitative estimate of drug-likeness (QED) is 0.645. The van der Waals surface area contributed by atoms with Crippen LogP contribution >= 0.6 is 0 Å². The van der Waals surface area contributed by atoms with Crippen molar-refractivity contribution in [1.82, 2.24) is 10.6 Å². The summed E-state index contributed by atoms with van der Waals surface area (Å²) in [7, 11) is 0. The van der Waals surface area contributed by atoms with E-state index in [1.54, 1.807) is 12.1 Å². The Balaban J connectivity index is 2.37. The van der Waals surface area contributed by atoms with Gasteiger partial charge < -0.3 is 20.5 Å². The van der Waals surface area contributed by atoms with E-state index in [1.165, 1.54) is 0 Å². The lowest BCUT2D eigenvalue weighted by molar-refractivity contribution is 0.173. The summed E-state index contributed by atoms with van der Waals surface area (Å²) >= 11 is 0. The Hall–Kier alpha value is -1.75. The Morgan fingerprint density at radius 3 is 2.48 bits per heavy atom. The molecule has 1 unspecified atom stereocenters. The van der Waals surface area contributed by atoms with Gasteiger partial charge in [-0.05, 0) is 38.0 Å². The Bertz CT molecular complexity index is 418. The molecule has 0 radical (unpaired) electrons. The zero-order chi connectivity index (χ0) is 15.7. The van der Waals surface area contributed by atoms with Crippen molar-refractivity contribution < 1.29 is 14.6 Å². The number of nitrogens with one attached hydrogen (secondary N) is 2. The third-order valence-corrected chi connectivity index (χ3v) is 2.91. The van der Waals surface area contributed by atoms with E-state index < -0.39 is 6.10 Å². The maximum Gasteiger partial charge on any atom is 0.314 e. The molecule has 0 saturated heterocycles. The van der Waals surface area contributed by atoms with Gasteiger partial charge in [-0.1, -0.05) is 25.5 Å². The van der Waals surface area contributed by atoms with Gasteiger partial charge in [0.05, 0.1) is 12.2 Å². The number of amides is 2. The summed E-state index contributed by atoms with van der Waals surface area (Å²) in [5.41, 5.74) is 0.750. The van der Waals surface area contributed by atoms with E-state index >= 15 is 0 Å². The lowest BCUT2D eigenvalue weighted by Crippen LogP contribution is -2.38. The summed E-state index contributed by atoms with van der Waals surface area (Å²) in [6.45, 7) is 6.83. The highest BCUT2D eigenvalue weighted by atomic mass is 16.5. The average molecular weight is 294 g/mol. The molecule has 0 spiro atoms. The molecule has 0 bridgehead atoms. The molecule has 3 N–H and O–H groups in total. The second-order valence-corrected chi connectivity index (χ2v) is 5.24. The Morgan fingerprint density at radius 2 is 1.90 bits per heavy atom. The first-order valence-electron chi connectivity index (χ1n) is 7.49. The van der Waals surface area contributed by atoms with E-state index in [9.17, 15) is 9.90 Å². The minimum absolute atomic E-state index is 0.120. The van der Waals surface area contributed by atoms with Gasteiger partial charge in [0.2, 0.25) is 0 Å². The predicted molar refractivity (Wildman–Crippen MR) is 83.5 cm³/mol. The molecule has 0 saturated carbocycles. The monoisotopic (exact) mass is 294 g/mol. The first-order valence-corrected chi connectivity index (χ1v) is 7.49. The maximum atomic E-state index is 11.5. The predicted octanol–water partition coefficient (Wildman–Crippen LogP) is 2.61. The number of urea groups is 1. The van der Waals surface area contributed by atoms with Crippen LogP contribution in [0.25, 0.3) is 0 Å². The first-order chi connectivity index (χ1) is 10.0. The van der Waals surface area contributed by atoms with Gasteiger partial charge in [0.25, 0.3) is 0 Å². The molecule has 0 heterocycles. The van der Waals surface area contributed by atoms with Crippen LogP contribution in [0.1, 0.15) is 45.3 Å². The third-order valence-electron chi connectivity index (χ3n) is 2.91. The number of hydrogen-bond donors (Lipinski definition) is 3. The Morgan fingerprint density at radius 1 is 1.24 bits per heavy atom. The minimum atomic E-state index is -0.727. The highest BCUT2D eigenvalue weighted by Gasteiger charge is 2.09. The van der Waals surface area contributed by atoms with Crippen LogP contribution in [0.3, 0.4) is 0 Å². The van der Waals surface area contributed by atoms with Gasteiger partial charge in [-0.15, -0.1) is 0 Å². The lowest BCUT2D eigenvalue weighted by atomic mass is 10.1. The van der Waals surface area contributed by atoms with Gasteiger partial charge in [-0.2, -0.15) is 0 Å². The van der Waals surface area contributed by atoms with Crippen molar-refractivity contribution >= 4 is 6.03 Å². The molecule has 0 fully saturated rings. The van der Waals surface area contributed by atoms with Crippen LogP contribution in [0, 0.1) is 0 Å². The third kappa shape index (κ3) is 6.99. The molecule has 1 aromatic carbocycles. The summed E-state index contributed by atoms with van der Waals surface area (Å²) in [5, 5.41) is 15.4. The van der Waals surface area contributed by atoms with Gasteiger partial charge in [0.1, 0.15) is 5.75 Å². The molecule has 21 heavy (non-hydrogen) atoms. The van der Waals surface area contributed by atoms with Crippen LogP contribution in [-0.2, 0) is 0 Å². The normalized spacial score (nSPS) is 12.0. The number of rotatable bonds is 8. The van der Waals surface area contributed by atoms with Crippen LogP contribution < -0.4 is 15.4 Å². The molecule has 0 aliphatic heterocycles. The zero-order valence-corrected chi connectivity index (χ0v) is 13.1. The van der Waals surface area contributed by atoms with Crippen molar-refractivity contribution in [2.75, 3.05) is 13.1 Å². The molecule has 0 aliphatic carbocycles. The fraction of sp³-hybridized carbons (Fsp3) is 0.562. The largest absolute Gasteiger partial charge is 0.491 e. The molecule has 0 aromatic heterocycles. The summed E-state index contributed by atoms with van der Waals surface area (Å²) in [5.74, 6) is 0.770. The highest BCUT2D eigenvalue weighted by molar-refractivity contribution is 5.73. The van der Waals surface area contributed by atoms with Gasteiger partial charge >= 0.3 is 6.03 Å². The molecule has 118 valence electrons. The van der Waals surface area contributed by atoms with Crippen molar-refractivity contribution in [1.29, 1.82) is 0 Å². The van der Waals surface area contributed by atoms with Crippen LogP contribution in [0.15, 0.2) is 24.3 Å². The SMILES string of the molecule is CCCCNC(=O)NCC(O)c1ccc(OC(C)C)cc1. The summed E-state index contributed by atoms with van der Waals surface area (Å²) in [4.78, 5) is 11.5. The lowest BCUT2D eigenvalue weighted by Gasteiger charge is -2.14. The molecule has 1 atom stereocenters. The average Bonchev–Trinajstić information content (AvgIpc) is 2.45. The van der Waals surface area contributed by atoms with Crippen molar-refractivity contribution in [3.63, 3.8) is 0 Å². The van der Waals surface area contributed by atoms with Crippen molar-refractivity contribution in [3.05, 3.63) is 29.8 Å². The fourth-order valence-electron chi connectivity index (χ4n) is 1.79. The van der Waals surface area contributed by atoms with Crippen molar-refractivity contribution in [2.45, 2.75) is 45.8 Å². The van der Waals surface area contributed by atoms with Gasteiger partial charge in [-0.25, -0.2) is 4.79 Å². The molecule has 5 heteroatoms. The van der Waals surface area contributed by atoms with E-state index in [0.717, 1.165) is 24.2 Å². The summed E-state index contributed by atoms with van der Waals surface area (Å²) in [6, 6.07) is 7.00. The molecular weight excluding hydrogens is 268 g/mol. The molecule has 0 aliphatic rings. The van der Waals surface area contributed by atoms with Gasteiger partial charge in [-0.3, -0.25) is 0 Å². The van der Waals surface area contributed by atoms with E-state index in [4.69, 9.17) is 4.74 Å². The Kier molecular flexibility index (Phi) is 7.61. The van der Waals surface area contributed by atoms with E-state index in [1.807, 2.05) is 26.0 Å². The summed E-state index contributed by atoms with van der Waals surface area (Å²) in [6.07, 6.45) is 1.38. The Labute approximate surface area is 126 Å². The number of unbranched alkanes of at least 4 members (excludes halogenated alkanes) is 1. The van der Waals surface area contributed by atoms with Crippen molar-refractivity contribution in [3.8, 4) is 5.75 Å². The van der Waals surface area contributed by atoms with E-state index in [2.05, 4.69) is 17.6 Å². The second-order valence-electron chi connectivity index (χ2n) is 5.24. The number of ether oxygens (including phenoxy) is 1. The zero-order valence-electron chi connectivity index (χ0n) is 13.1. The van der Waals surface area contributed by atoms with Crippen LogP contribution in [-0.4, -0.2) is 30.3 Å². The smallest absolute Gasteiger partial charge is 0.314 e. The van der Waals surface area contributed by atoms with Gasteiger partial charge in [0.15, 0.2) is 0 Å². The number of hydrogen-bond acceptors (Lipinski definition) is 3. The fourth-order valence-corrected chi connectivity index (χ4v) is 1.79. The van der Waals surface area contributed by atoms with Crippen LogP contribution in [0.4, 0.5) is 4.79 Å². The van der Waals surface area contributed by atoms with Crippen LogP contribution in [0.2, 0.25) is 0 Å². The van der Waals surface area contributed by atoms with Crippen LogP contribution in [0.5, 0.6) is 5.75 Å². The van der Waals surface area contributed by atoms with Gasteiger partial charge in [0, 0.05) is 13.1 Å². The highest BCUT2D eigenvalue weighted by Crippen LogP contribution is 2.18. The first kappa shape index (κ1) is 17.3. The number of carbonyl (C=O) groups is 1. The topological polar surface area (TPSA) is 70.6 Å². The number of aliphatic hydroxyl groups excluding tert-OH is 1. The molecule has 5 nitrogen and oxygen atoms in total. The standard InChI is InChI=1S/C16H26N2O3/c1-4-5-10-17-16(20)18-11-15(19)13-6-8-14(9-7-13)21-12(2)3/h6-9,12,15,19H,4-5,10-11H2,1-3H3,(H2,17,18,20). The minimum Gasteiger partial charge on any atom is -0.491 e.